The Morgan fingerprint density at radius 1 is 0.923 bits per heavy atom. The number of aliphatic imine (C=N–C) groups is 1. The summed E-state index contributed by atoms with van der Waals surface area (Å²) in [6.07, 6.45) is 1.81. The van der Waals surface area contributed by atoms with Crippen molar-refractivity contribution in [1.82, 2.24) is 9.97 Å². The smallest absolute Gasteiger partial charge is 0.0972 e. The van der Waals surface area contributed by atoms with Gasteiger partial charge in [0, 0.05) is 21.4 Å². The van der Waals surface area contributed by atoms with Gasteiger partial charge < -0.3 is 0 Å². The number of hydrogen-bond donors (Lipinski definition) is 0. The lowest BCUT2D eigenvalue weighted by Crippen LogP contribution is -1.99. The van der Waals surface area contributed by atoms with Crippen molar-refractivity contribution in [3.8, 4) is 0 Å². The minimum absolute atomic E-state index is 0.873. The number of halogens is 1. The van der Waals surface area contributed by atoms with E-state index in [2.05, 4.69) is 71.2 Å². The van der Waals surface area contributed by atoms with Crippen molar-refractivity contribution in [2.75, 3.05) is 0 Å². The third kappa shape index (κ3) is 3.01. The van der Waals surface area contributed by atoms with Crippen LogP contribution >= 0.6 is 15.9 Å². The SMILES string of the molecule is CC(=Nc1c(C)cc(Br)cc1C)c1ccc2ccc3cccnc3c2n1. The Balaban J connectivity index is 1.87. The van der Waals surface area contributed by atoms with Gasteiger partial charge in [-0.25, -0.2) is 4.98 Å². The summed E-state index contributed by atoms with van der Waals surface area (Å²) in [5.41, 5.74) is 6.90. The molecule has 4 heteroatoms. The van der Waals surface area contributed by atoms with Crippen molar-refractivity contribution in [3.05, 3.63) is 76.0 Å². The van der Waals surface area contributed by atoms with Gasteiger partial charge in [-0.15, -0.1) is 0 Å². The van der Waals surface area contributed by atoms with Crippen LogP contribution in [-0.4, -0.2) is 15.7 Å². The van der Waals surface area contributed by atoms with Crippen LogP contribution in [0.3, 0.4) is 0 Å². The summed E-state index contributed by atoms with van der Waals surface area (Å²) in [6, 6.07) is 16.5. The molecule has 2 aromatic carbocycles. The topological polar surface area (TPSA) is 38.1 Å². The zero-order valence-corrected chi connectivity index (χ0v) is 16.5. The van der Waals surface area contributed by atoms with Gasteiger partial charge in [-0.05, 0) is 56.2 Å². The maximum Gasteiger partial charge on any atom is 0.0972 e. The molecule has 4 aromatic rings. The van der Waals surface area contributed by atoms with E-state index >= 15 is 0 Å². The summed E-state index contributed by atoms with van der Waals surface area (Å²) in [4.78, 5) is 14.3. The molecule has 0 atom stereocenters. The molecule has 0 aliphatic heterocycles. The first-order chi connectivity index (χ1) is 12.5. The molecule has 2 aromatic heterocycles. The fourth-order valence-corrected chi connectivity index (χ4v) is 3.92. The van der Waals surface area contributed by atoms with Gasteiger partial charge in [0.1, 0.15) is 0 Å². The van der Waals surface area contributed by atoms with E-state index in [1.807, 2.05) is 25.3 Å². The molecule has 0 aliphatic rings. The molecular formula is C22H18BrN3. The highest BCUT2D eigenvalue weighted by atomic mass is 79.9. The fraction of sp³-hybridized carbons (Fsp3) is 0.136. The van der Waals surface area contributed by atoms with Crippen LogP contribution in [0.25, 0.3) is 21.8 Å². The third-order valence-electron chi connectivity index (χ3n) is 4.54. The molecule has 0 bridgehead atoms. The summed E-state index contributed by atoms with van der Waals surface area (Å²) >= 11 is 3.54. The largest absolute Gasteiger partial charge is 0.254 e. The Morgan fingerprint density at radius 3 is 2.31 bits per heavy atom. The second-order valence-corrected chi connectivity index (χ2v) is 7.41. The highest BCUT2D eigenvalue weighted by molar-refractivity contribution is 9.10. The lowest BCUT2D eigenvalue weighted by molar-refractivity contribution is 1.29. The molecule has 26 heavy (non-hydrogen) atoms. The average molecular weight is 404 g/mol. The summed E-state index contributed by atoms with van der Waals surface area (Å²) in [7, 11) is 0. The normalized spacial score (nSPS) is 12.1. The maximum atomic E-state index is 4.87. The number of benzene rings is 2. The van der Waals surface area contributed by atoms with Crippen LogP contribution in [0.15, 0.2) is 64.2 Å². The molecule has 0 spiro atoms. The van der Waals surface area contributed by atoms with Crippen molar-refractivity contribution >= 4 is 49.1 Å². The number of nitrogens with zero attached hydrogens (tertiary/aromatic N) is 3. The molecule has 3 nitrogen and oxygen atoms in total. The quantitative estimate of drug-likeness (QED) is 0.290. The monoisotopic (exact) mass is 403 g/mol. The van der Waals surface area contributed by atoms with E-state index < -0.39 is 0 Å². The first-order valence-corrected chi connectivity index (χ1v) is 9.29. The number of aryl methyl sites for hydroxylation is 2. The Labute approximate surface area is 161 Å². The van der Waals surface area contributed by atoms with E-state index in [9.17, 15) is 0 Å². The Bertz CT molecular complexity index is 1160. The molecule has 128 valence electrons. The molecule has 0 radical (unpaired) electrons. The van der Waals surface area contributed by atoms with Crippen molar-refractivity contribution in [2.45, 2.75) is 20.8 Å². The lowest BCUT2D eigenvalue weighted by atomic mass is 10.1. The van der Waals surface area contributed by atoms with E-state index in [1.54, 1.807) is 0 Å². The molecule has 0 saturated heterocycles. The van der Waals surface area contributed by atoms with E-state index in [1.165, 1.54) is 0 Å². The lowest BCUT2D eigenvalue weighted by Gasteiger charge is -2.09. The second-order valence-electron chi connectivity index (χ2n) is 6.49. The number of rotatable bonds is 2. The molecule has 0 aliphatic carbocycles. The number of pyridine rings is 2. The summed E-state index contributed by atoms with van der Waals surface area (Å²) in [5.74, 6) is 0. The zero-order valence-electron chi connectivity index (χ0n) is 14.9. The fourth-order valence-electron chi connectivity index (χ4n) is 3.23. The van der Waals surface area contributed by atoms with E-state index in [4.69, 9.17) is 9.98 Å². The van der Waals surface area contributed by atoms with E-state index in [0.717, 1.165) is 54.5 Å². The Morgan fingerprint density at radius 2 is 1.58 bits per heavy atom. The molecule has 0 amide bonds. The minimum atomic E-state index is 0.873. The van der Waals surface area contributed by atoms with Gasteiger partial charge in [0.15, 0.2) is 0 Å². The second kappa shape index (κ2) is 6.61. The van der Waals surface area contributed by atoms with E-state index in [-0.39, 0.29) is 0 Å². The predicted octanol–water partition coefficient (Wildman–Crippen LogP) is 6.30. The predicted molar refractivity (Wildman–Crippen MR) is 113 cm³/mol. The van der Waals surface area contributed by atoms with Gasteiger partial charge in [-0.3, -0.25) is 9.98 Å². The summed E-state index contributed by atoms with van der Waals surface area (Å²) in [6.45, 7) is 6.16. The molecular weight excluding hydrogens is 386 g/mol. The van der Waals surface area contributed by atoms with Gasteiger partial charge in [0.25, 0.3) is 0 Å². The van der Waals surface area contributed by atoms with Crippen molar-refractivity contribution in [2.24, 2.45) is 4.99 Å². The van der Waals surface area contributed by atoms with E-state index in [0.29, 0.717) is 0 Å². The van der Waals surface area contributed by atoms with Crippen molar-refractivity contribution in [3.63, 3.8) is 0 Å². The molecule has 4 rings (SSSR count). The van der Waals surface area contributed by atoms with Gasteiger partial charge in [0.2, 0.25) is 0 Å². The Kier molecular flexibility index (Phi) is 4.29. The minimum Gasteiger partial charge on any atom is -0.254 e. The first-order valence-electron chi connectivity index (χ1n) is 8.50. The average Bonchev–Trinajstić information content (AvgIpc) is 2.64. The van der Waals surface area contributed by atoms with Crippen LogP contribution in [0, 0.1) is 13.8 Å². The van der Waals surface area contributed by atoms with Crippen LogP contribution < -0.4 is 0 Å². The van der Waals surface area contributed by atoms with Gasteiger partial charge >= 0.3 is 0 Å². The number of hydrogen-bond acceptors (Lipinski definition) is 3. The molecule has 0 N–H and O–H groups in total. The summed E-state index contributed by atoms with van der Waals surface area (Å²) in [5, 5.41) is 2.18. The standard InChI is InChI=1S/C22H18BrN3/c1-13-11-18(23)12-14(2)20(13)25-15(3)19-9-8-17-7-6-16-5-4-10-24-21(16)22(17)26-19/h4-12H,1-3H3. The highest BCUT2D eigenvalue weighted by Gasteiger charge is 2.08. The van der Waals surface area contributed by atoms with Crippen LogP contribution in [0.5, 0.6) is 0 Å². The van der Waals surface area contributed by atoms with Crippen molar-refractivity contribution in [1.29, 1.82) is 0 Å². The summed E-state index contributed by atoms with van der Waals surface area (Å²) < 4.78 is 1.07. The Hall–Kier alpha value is -2.59. The zero-order chi connectivity index (χ0) is 18.3. The maximum absolute atomic E-state index is 4.87. The highest BCUT2D eigenvalue weighted by Crippen LogP contribution is 2.29. The molecule has 2 heterocycles. The van der Waals surface area contributed by atoms with Gasteiger partial charge in [-0.1, -0.05) is 40.2 Å². The third-order valence-corrected chi connectivity index (χ3v) is 5.00. The van der Waals surface area contributed by atoms with Gasteiger partial charge in [-0.2, -0.15) is 0 Å². The van der Waals surface area contributed by atoms with Gasteiger partial charge in [0.05, 0.1) is 28.1 Å². The number of fused-ring (bicyclic) bond motifs is 3. The van der Waals surface area contributed by atoms with Crippen LogP contribution in [0.1, 0.15) is 23.7 Å². The molecule has 0 unspecified atom stereocenters. The molecule has 0 saturated carbocycles. The number of aromatic nitrogens is 2. The van der Waals surface area contributed by atoms with Crippen LogP contribution in [0.2, 0.25) is 0 Å². The van der Waals surface area contributed by atoms with Crippen LogP contribution in [-0.2, 0) is 0 Å². The first kappa shape index (κ1) is 16.9. The van der Waals surface area contributed by atoms with Crippen LogP contribution in [0.4, 0.5) is 5.69 Å². The van der Waals surface area contributed by atoms with Crippen molar-refractivity contribution < 1.29 is 0 Å². The molecule has 0 fully saturated rings.